The molecule has 2 heterocycles. The first kappa shape index (κ1) is 24.4. The first-order valence-electron chi connectivity index (χ1n) is 10.5. The van der Waals surface area contributed by atoms with Crippen molar-refractivity contribution >= 4 is 41.5 Å². The molecule has 2 aromatic carbocycles. The summed E-state index contributed by atoms with van der Waals surface area (Å²) < 4.78 is 16.9. The Kier molecular flexibility index (Phi) is 8.99. The van der Waals surface area contributed by atoms with Crippen LogP contribution in [0.5, 0.6) is 11.5 Å². The monoisotopic (exact) mass is 562 g/mol. The molecule has 0 saturated heterocycles. The molecule has 33 heavy (non-hydrogen) atoms. The van der Waals surface area contributed by atoms with Gasteiger partial charge in [0.15, 0.2) is 17.5 Å². The van der Waals surface area contributed by atoms with Crippen LogP contribution in [0.4, 0.5) is 5.69 Å². The predicted octanol–water partition coefficient (Wildman–Crippen LogP) is 3.96. The normalized spacial score (nSPS) is 12.9. The van der Waals surface area contributed by atoms with Crippen molar-refractivity contribution in [1.29, 1.82) is 0 Å². The molecule has 4 N–H and O–H groups in total. The minimum absolute atomic E-state index is 0. The van der Waals surface area contributed by atoms with Crippen LogP contribution < -0.4 is 25.8 Å². The van der Waals surface area contributed by atoms with Crippen molar-refractivity contribution in [3.63, 3.8) is 0 Å². The van der Waals surface area contributed by atoms with E-state index in [1.807, 2.05) is 42.5 Å². The number of primary amides is 1. The van der Waals surface area contributed by atoms with E-state index in [0.29, 0.717) is 43.6 Å². The number of nitrogens with one attached hydrogen (secondary N) is 2. The fourth-order valence-corrected chi connectivity index (χ4v) is 3.22. The Morgan fingerprint density at radius 2 is 1.82 bits per heavy atom. The molecule has 3 aromatic rings. The van der Waals surface area contributed by atoms with Crippen LogP contribution in [0.25, 0.3) is 0 Å². The van der Waals surface area contributed by atoms with Gasteiger partial charge in [-0.2, -0.15) is 0 Å². The minimum Gasteiger partial charge on any atom is -0.490 e. The van der Waals surface area contributed by atoms with Gasteiger partial charge < -0.3 is 30.3 Å². The number of ether oxygens (including phenoxy) is 2. The maximum absolute atomic E-state index is 11.3. The highest BCUT2D eigenvalue weighted by Gasteiger charge is 2.11. The van der Waals surface area contributed by atoms with Gasteiger partial charge in [0.05, 0.1) is 26.0 Å². The third-order valence-corrected chi connectivity index (χ3v) is 4.91. The lowest BCUT2D eigenvalue weighted by molar-refractivity contribution is 0.100. The molecular formula is C24H27IN4O4. The number of nitrogens with zero attached hydrogens (tertiary/aromatic N) is 1. The highest BCUT2D eigenvalue weighted by molar-refractivity contribution is 14.0. The molecule has 0 unspecified atom stereocenters. The van der Waals surface area contributed by atoms with Crippen LogP contribution in [0.3, 0.4) is 0 Å². The number of anilines is 1. The van der Waals surface area contributed by atoms with Gasteiger partial charge in [0.1, 0.15) is 5.76 Å². The van der Waals surface area contributed by atoms with E-state index in [1.165, 1.54) is 0 Å². The molecule has 4 rings (SSSR count). The first-order valence-corrected chi connectivity index (χ1v) is 10.5. The first-order chi connectivity index (χ1) is 15.7. The number of guanidine groups is 1. The fraction of sp³-hybridized carbons (Fsp3) is 0.250. The second-order valence-corrected chi connectivity index (χ2v) is 7.32. The smallest absolute Gasteiger partial charge is 0.248 e. The predicted molar refractivity (Wildman–Crippen MR) is 138 cm³/mol. The van der Waals surface area contributed by atoms with Crippen LogP contribution in [0.15, 0.2) is 70.3 Å². The summed E-state index contributed by atoms with van der Waals surface area (Å²) in [7, 11) is 0. The summed E-state index contributed by atoms with van der Waals surface area (Å²) in [5.41, 5.74) is 7.58. The number of carbonyl (C=O) groups excluding carboxylic acids is 1. The van der Waals surface area contributed by atoms with Gasteiger partial charge in [0.25, 0.3) is 0 Å². The number of fused-ring (bicyclic) bond motifs is 1. The Morgan fingerprint density at radius 3 is 2.55 bits per heavy atom. The number of nitrogens with two attached hydrogens (primary N) is 1. The summed E-state index contributed by atoms with van der Waals surface area (Å²) >= 11 is 0. The number of halogens is 1. The maximum atomic E-state index is 11.3. The molecule has 0 atom stereocenters. The molecule has 0 bridgehead atoms. The molecular weight excluding hydrogens is 535 g/mol. The number of rotatable bonds is 7. The third-order valence-electron chi connectivity index (χ3n) is 4.91. The van der Waals surface area contributed by atoms with Gasteiger partial charge in [0.2, 0.25) is 5.91 Å². The Labute approximate surface area is 209 Å². The maximum Gasteiger partial charge on any atom is 0.248 e. The average molecular weight is 562 g/mol. The molecule has 0 radical (unpaired) electrons. The van der Waals surface area contributed by atoms with Gasteiger partial charge in [-0.15, -0.1) is 24.0 Å². The van der Waals surface area contributed by atoms with Gasteiger partial charge >= 0.3 is 0 Å². The van der Waals surface area contributed by atoms with Gasteiger partial charge in [0, 0.05) is 36.7 Å². The second-order valence-electron chi connectivity index (χ2n) is 7.32. The van der Waals surface area contributed by atoms with Crippen LogP contribution in [-0.4, -0.2) is 31.6 Å². The summed E-state index contributed by atoms with van der Waals surface area (Å²) in [5, 5.41) is 6.66. The van der Waals surface area contributed by atoms with Crippen molar-refractivity contribution in [3.8, 4) is 11.5 Å². The van der Waals surface area contributed by atoms with E-state index in [0.717, 1.165) is 35.6 Å². The van der Waals surface area contributed by atoms with Crippen LogP contribution in [0.1, 0.15) is 28.1 Å². The average Bonchev–Trinajstić information content (AvgIpc) is 3.21. The molecule has 1 aliphatic heterocycles. The van der Waals surface area contributed by atoms with Gasteiger partial charge in [-0.25, -0.2) is 4.99 Å². The van der Waals surface area contributed by atoms with Gasteiger partial charge in [-0.05, 0) is 42.0 Å². The number of benzene rings is 2. The van der Waals surface area contributed by atoms with E-state index in [-0.39, 0.29) is 24.0 Å². The zero-order chi connectivity index (χ0) is 22.2. The van der Waals surface area contributed by atoms with Crippen LogP contribution in [-0.2, 0) is 13.0 Å². The summed E-state index contributed by atoms with van der Waals surface area (Å²) in [6, 6.07) is 16.6. The number of carbonyl (C=O) groups is 1. The van der Waals surface area contributed by atoms with Gasteiger partial charge in [-0.3, -0.25) is 4.79 Å². The number of aliphatic imine (C=N–C) groups is 1. The molecule has 1 aliphatic rings. The van der Waals surface area contributed by atoms with Crippen molar-refractivity contribution in [1.82, 2.24) is 5.32 Å². The number of hydrogen-bond acceptors (Lipinski definition) is 5. The lowest BCUT2D eigenvalue weighted by atomic mass is 10.1. The second kappa shape index (κ2) is 12.1. The molecule has 0 spiro atoms. The van der Waals surface area contributed by atoms with Crippen molar-refractivity contribution in [2.24, 2.45) is 10.7 Å². The zero-order valence-corrected chi connectivity index (χ0v) is 20.4. The Hall–Kier alpha value is -3.21. The highest BCUT2D eigenvalue weighted by Crippen LogP contribution is 2.32. The highest BCUT2D eigenvalue weighted by atomic mass is 127. The van der Waals surface area contributed by atoms with E-state index in [4.69, 9.17) is 19.6 Å². The third kappa shape index (κ3) is 7.14. The Balaban J connectivity index is 0.00000306. The SMILES string of the molecule is I.NC(=O)c1ccc(CN=C(NCCc2ccco2)Nc2ccc3c(c2)OCCCO3)cc1. The van der Waals surface area contributed by atoms with Crippen molar-refractivity contribution < 1.29 is 18.7 Å². The lowest BCUT2D eigenvalue weighted by Gasteiger charge is -2.14. The topological polar surface area (TPSA) is 111 Å². The van der Waals surface area contributed by atoms with E-state index in [2.05, 4.69) is 15.6 Å². The van der Waals surface area contributed by atoms with E-state index < -0.39 is 5.91 Å². The summed E-state index contributed by atoms with van der Waals surface area (Å²) in [5.74, 6) is 2.52. The van der Waals surface area contributed by atoms with E-state index in [9.17, 15) is 4.79 Å². The molecule has 9 heteroatoms. The summed E-state index contributed by atoms with van der Waals surface area (Å²) in [4.78, 5) is 16.0. The fourth-order valence-electron chi connectivity index (χ4n) is 3.22. The molecule has 0 saturated carbocycles. The Bertz CT molecular complexity index is 1070. The van der Waals surface area contributed by atoms with Crippen molar-refractivity contribution in [2.45, 2.75) is 19.4 Å². The summed E-state index contributed by atoms with van der Waals surface area (Å²) in [6.45, 7) is 2.35. The van der Waals surface area contributed by atoms with Crippen LogP contribution in [0.2, 0.25) is 0 Å². The summed E-state index contributed by atoms with van der Waals surface area (Å²) in [6.07, 6.45) is 3.24. The molecule has 0 fully saturated rings. The number of amides is 1. The molecule has 8 nitrogen and oxygen atoms in total. The molecule has 0 aliphatic carbocycles. The van der Waals surface area contributed by atoms with Crippen LogP contribution in [0, 0.1) is 0 Å². The van der Waals surface area contributed by atoms with Crippen LogP contribution >= 0.6 is 24.0 Å². The molecule has 1 amide bonds. The molecule has 174 valence electrons. The number of hydrogen-bond donors (Lipinski definition) is 3. The lowest BCUT2D eigenvalue weighted by Crippen LogP contribution is -2.32. The zero-order valence-electron chi connectivity index (χ0n) is 18.1. The van der Waals surface area contributed by atoms with Crippen molar-refractivity contribution in [3.05, 3.63) is 77.7 Å². The largest absolute Gasteiger partial charge is 0.490 e. The van der Waals surface area contributed by atoms with E-state index in [1.54, 1.807) is 18.4 Å². The molecule has 1 aromatic heterocycles. The Morgan fingerprint density at radius 1 is 1.03 bits per heavy atom. The minimum atomic E-state index is -0.448. The number of furan rings is 1. The quantitative estimate of drug-likeness (QED) is 0.229. The van der Waals surface area contributed by atoms with Gasteiger partial charge in [-0.1, -0.05) is 12.1 Å². The van der Waals surface area contributed by atoms with E-state index >= 15 is 0 Å². The standard InChI is InChI=1S/C24H26N4O4.HI/c25-23(29)18-6-4-17(5-7-18)16-27-24(26-11-10-20-3-1-12-30-20)28-19-8-9-21-22(15-19)32-14-2-13-31-21;/h1,3-9,12,15H,2,10-11,13-14,16H2,(H2,25,29)(H2,26,27,28);1H. The van der Waals surface area contributed by atoms with Crippen molar-refractivity contribution in [2.75, 3.05) is 25.1 Å².